The van der Waals surface area contributed by atoms with Crippen LogP contribution < -0.4 is 10.6 Å². The largest absolute Gasteiger partial charge is 0.390 e. The van der Waals surface area contributed by atoms with Gasteiger partial charge in [0, 0.05) is 20.1 Å². The van der Waals surface area contributed by atoms with E-state index >= 15 is 0 Å². The van der Waals surface area contributed by atoms with Gasteiger partial charge in [-0.25, -0.2) is 0 Å². The summed E-state index contributed by atoms with van der Waals surface area (Å²) >= 11 is 0. The molecule has 0 aliphatic carbocycles. The maximum Gasteiger partial charge on any atom is 0.390 e. The third-order valence-corrected chi connectivity index (χ3v) is 2.70. The predicted octanol–water partition coefficient (Wildman–Crippen LogP) is 3.35. The molecule has 120 valence electrons. The SMILES string of the molecule is CN=C(NCCCc1ccccc1)NCCC(F)(F)F.I. The molecule has 0 atom stereocenters. The molecule has 1 aromatic carbocycles. The highest BCUT2D eigenvalue weighted by atomic mass is 127. The fraction of sp³-hybridized carbons (Fsp3) is 0.500. The molecule has 0 unspecified atom stereocenters. The van der Waals surface area contributed by atoms with E-state index < -0.39 is 12.6 Å². The van der Waals surface area contributed by atoms with Crippen molar-refractivity contribution >= 4 is 29.9 Å². The van der Waals surface area contributed by atoms with Crippen LogP contribution in [0.15, 0.2) is 35.3 Å². The first-order valence-corrected chi connectivity index (χ1v) is 6.56. The van der Waals surface area contributed by atoms with Gasteiger partial charge >= 0.3 is 6.18 Å². The predicted molar refractivity (Wildman–Crippen MR) is 90.2 cm³/mol. The zero-order chi connectivity index (χ0) is 14.8. The van der Waals surface area contributed by atoms with Gasteiger partial charge in [0.25, 0.3) is 0 Å². The third-order valence-electron chi connectivity index (χ3n) is 2.70. The van der Waals surface area contributed by atoms with E-state index in [4.69, 9.17) is 0 Å². The van der Waals surface area contributed by atoms with Crippen molar-refractivity contribution in [2.45, 2.75) is 25.4 Å². The van der Waals surface area contributed by atoms with Gasteiger partial charge < -0.3 is 10.6 Å². The lowest BCUT2D eigenvalue weighted by molar-refractivity contribution is -0.132. The molecule has 7 heteroatoms. The van der Waals surface area contributed by atoms with E-state index in [1.807, 2.05) is 18.2 Å². The van der Waals surface area contributed by atoms with E-state index in [-0.39, 0.29) is 30.5 Å². The van der Waals surface area contributed by atoms with Gasteiger partial charge in [-0.1, -0.05) is 30.3 Å². The number of hydrogen-bond donors (Lipinski definition) is 2. The second-order valence-corrected chi connectivity index (χ2v) is 4.38. The number of rotatable bonds is 6. The minimum Gasteiger partial charge on any atom is -0.356 e. The van der Waals surface area contributed by atoms with Crippen LogP contribution in [0.3, 0.4) is 0 Å². The van der Waals surface area contributed by atoms with E-state index in [1.54, 1.807) is 7.05 Å². The van der Waals surface area contributed by atoms with Gasteiger partial charge in [0.1, 0.15) is 0 Å². The second-order valence-electron chi connectivity index (χ2n) is 4.38. The summed E-state index contributed by atoms with van der Waals surface area (Å²) in [5.74, 6) is 0.405. The number of alkyl halides is 3. The summed E-state index contributed by atoms with van der Waals surface area (Å²) in [6.07, 6.45) is -3.19. The first-order chi connectivity index (χ1) is 9.51. The normalized spacial score (nSPS) is 11.7. The van der Waals surface area contributed by atoms with Crippen LogP contribution in [-0.2, 0) is 6.42 Å². The van der Waals surface area contributed by atoms with Crippen molar-refractivity contribution in [3.8, 4) is 0 Å². The summed E-state index contributed by atoms with van der Waals surface area (Å²) in [5.41, 5.74) is 1.24. The highest BCUT2D eigenvalue weighted by Gasteiger charge is 2.26. The van der Waals surface area contributed by atoms with E-state index in [2.05, 4.69) is 27.8 Å². The Labute approximate surface area is 140 Å². The Balaban J connectivity index is 0.00000400. The first-order valence-electron chi connectivity index (χ1n) is 6.56. The van der Waals surface area contributed by atoms with Crippen molar-refractivity contribution in [3.05, 3.63) is 35.9 Å². The Morgan fingerprint density at radius 3 is 2.29 bits per heavy atom. The molecule has 0 fully saturated rings. The first kappa shape index (κ1) is 20.0. The van der Waals surface area contributed by atoms with Crippen molar-refractivity contribution in [3.63, 3.8) is 0 Å². The quantitative estimate of drug-likeness (QED) is 0.324. The zero-order valence-electron chi connectivity index (χ0n) is 11.9. The van der Waals surface area contributed by atoms with Crippen LogP contribution in [0.5, 0.6) is 0 Å². The molecule has 0 aliphatic heterocycles. The van der Waals surface area contributed by atoms with Crippen LogP contribution in [0, 0.1) is 0 Å². The smallest absolute Gasteiger partial charge is 0.356 e. The van der Waals surface area contributed by atoms with Gasteiger partial charge in [0.05, 0.1) is 6.42 Å². The lowest BCUT2D eigenvalue weighted by Crippen LogP contribution is -2.39. The van der Waals surface area contributed by atoms with E-state index in [0.29, 0.717) is 12.5 Å². The molecule has 3 nitrogen and oxygen atoms in total. The van der Waals surface area contributed by atoms with Gasteiger partial charge in [-0.05, 0) is 18.4 Å². The Morgan fingerprint density at radius 1 is 1.10 bits per heavy atom. The molecule has 0 amide bonds. The molecule has 2 N–H and O–H groups in total. The molecule has 21 heavy (non-hydrogen) atoms. The maximum absolute atomic E-state index is 12.0. The van der Waals surface area contributed by atoms with E-state index in [0.717, 1.165) is 12.8 Å². The van der Waals surface area contributed by atoms with Crippen LogP contribution in [0.25, 0.3) is 0 Å². The minimum atomic E-state index is -4.14. The summed E-state index contributed by atoms with van der Waals surface area (Å²) in [5, 5.41) is 5.64. The molecular weight excluding hydrogens is 394 g/mol. The summed E-state index contributed by atoms with van der Waals surface area (Å²) in [4.78, 5) is 3.88. The van der Waals surface area contributed by atoms with Crippen LogP contribution in [-0.4, -0.2) is 32.3 Å². The molecule has 0 saturated carbocycles. The fourth-order valence-corrected chi connectivity index (χ4v) is 1.69. The van der Waals surface area contributed by atoms with Crippen LogP contribution in [0.4, 0.5) is 13.2 Å². The monoisotopic (exact) mass is 415 g/mol. The van der Waals surface area contributed by atoms with Crippen molar-refractivity contribution in [2.75, 3.05) is 20.1 Å². The number of halogens is 4. The van der Waals surface area contributed by atoms with E-state index in [1.165, 1.54) is 5.56 Å². The summed E-state index contributed by atoms with van der Waals surface area (Å²) in [7, 11) is 1.54. The van der Waals surface area contributed by atoms with Gasteiger partial charge in [-0.3, -0.25) is 4.99 Å². The minimum absolute atomic E-state index is 0. The fourth-order valence-electron chi connectivity index (χ4n) is 1.69. The molecule has 1 rings (SSSR count). The topological polar surface area (TPSA) is 36.4 Å². The third kappa shape index (κ3) is 10.4. The Bertz CT molecular complexity index is 408. The van der Waals surface area contributed by atoms with Crippen LogP contribution in [0.2, 0.25) is 0 Å². The summed E-state index contributed by atoms with van der Waals surface area (Å²) in [6.45, 7) is 0.502. The second kappa shape index (κ2) is 10.7. The number of benzene rings is 1. The summed E-state index contributed by atoms with van der Waals surface area (Å²) in [6, 6.07) is 10.0. The molecule has 0 saturated heterocycles. The molecular formula is C14H21F3IN3. The summed E-state index contributed by atoms with van der Waals surface area (Å²) < 4.78 is 36.0. The molecule has 0 heterocycles. The molecule has 0 aliphatic rings. The Hall–Kier alpha value is -0.990. The van der Waals surface area contributed by atoms with Crippen molar-refractivity contribution in [1.82, 2.24) is 10.6 Å². The lowest BCUT2D eigenvalue weighted by Gasteiger charge is -2.12. The molecule has 0 spiro atoms. The van der Waals surface area contributed by atoms with Crippen molar-refractivity contribution in [1.29, 1.82) is 0 Å². The van der Waals surface area contributed by atoms with Crippen molar-refractivity contribution in [2.24, 2.45) is 4.99 Å². The number of hydrogen-bond acceptors (Lipinski definition) is 1. The highest BCUT2D eigenvalue weighted by Crippen LogP contribution is 2.17. The molecule has 0 radical (unpaired) electrons. The maximum atomic E-state index is 12.0. The molecule has 1 aromatic rings. The number of aliphatic imine (C=N–C) groups is 1. The van der Waals surface area contributed by atoms with Gasteiger partial charge in [-0.15, -0.1) is 24.0 Å². The average molecular weight is 415 g/mol. The highest BCUT2D eigenvalue weighted by molar-refractivity contribution is 14.0. The van der Waals surface area contributed by atoms with E-state index in [9.17, 15) is 13.2 Å². The Kier molecular flexibility index (Phi) is 10.2. The standard InChI is InChI=1S/C14H20F3N3.HI/c1-18-13(20-11-9-14(15,16)17)19-10-5-8-12-6-3-2-4-7-12;/h2-4,6-7H,5,8-11H2,1H3,(H2,18,19,20);1H. The van der Waals surface area contributed by atoms with Gasteiger partial charge in [0.2, 0.25) is 0 Å². The van der Waals surface area contributed by atoms with Crippen LogP contribution >= 0.6 is 24.0 Å². The average Bonchev–Trinajstić information content (AvgIpc) is 2.41. The van der Waals surface area contributed by atoms with Gasteiger partial charge in [-0.2, -0.15) is 13.2 Å². The Morgan fingerprint density at radius 2 is 1.71 bits per heavy atom. The molecule has 0 aromatic heterocycles. The zero-order valence-corrected chi connectivity index (χ0v) is 14.2. The number of nitrogens with zero attached hydrogens (tertiary/aromatic N) is 1. The lowest BCUT2D eigenvalue weighted by atomic mass is 10.1. The number of guanidine groups is 1. The molecule has 0 bridgehead atoms. The number of nitrogens with one attached hydrogen (secondary N) is 2. The van der Waals surface area contributed by atoms with Crippen molar-refractivity contribution < 1.29 is 13.2 Å². The van der Waals surface area contributed by atoms with Crippen LogP contribution in [0.1, 0.15) is 18.4 Å². The number of aryl methyl sites for hydroxylation is 1. The van der Waals surface area contributed by atoms with Gasteiger partial charge in [0.15, 0.2) is 5.96 Å².